The second-order valence-corrected chi connectivity index (χ2v) is 9.25. The summed E-state index contributed by atoms with van der Waals surface area (Å²) in [6.07, 6.45) is 13.9. The molecule has 0 amide bonds. The van der Waals surface area contributed by atoms with E-state index in [1.54, 1.807) is 0 Å². The molecule has 5 rings (SSSR count). The van der Waals surface area contributed by atoms with Gasteiger partial charge in [0.2, 0.25) is 0 Å². The van der Waals surface area contributed by atoms with Crippen LogP contribution in [-0.4, -0.2) is 4.57 Å². The maximum Gasteiger partial charge on any atom is 0.0497 e. The normalized spacial score (nSPS) is 11.9. The number of hydrogen-bond acceptors (Lipinski definition) is 0. The van der Waals surface area contributed by atoms with Crippen molar-refractivity contribution in [1.29, 1.82) is 0 Å². The molecule has 0 saturated carbocycles. The van der Waals surface area contributed by atoms with Gasteiger partial charge < -0.3 is 4.57 Å². The summed E-state index contributed by atoms with van der Waals surface area (Å²) in [6.45, 7) is 3.33. The van der Waals surface area contributed by atoms with E-state index in [4.69, 9.17) is 0 Å². The molecule has 0 atom stereocenters. The molecule has 0 aliphatic carbocycles. The van der Waals surface area contributed by atoms with Gasteiger partial charge in [-0.05, 0) is 40.8 Å². The summed E-state index contributed by atoms with van der Waals surface area (Å²) in [5.74, 6) is 0. The molecule has 0 N–H and O–H groups in total. The fourth-order valence-corrected chi connectivity index (χ4v) is 4.79. The fraction of sp³-hybridized carbons (Fsp3) is 0.176. The van der Waals surface area contributed by atoms with Crippen LogP contribution in [0.25, 0.3) is 46.1 Å². The van der Waals surface area contributed by atoms with Crippen molar-refractivity contribution >= 4 is 46.1 Å². The molecular formula is C34H33N. The predicted molar refractivity (Wildman–Crippen MR) is 154 cm³/mol. The number of aryl methyl sites for hydroxylation is 1. The monoisotopic (exact) mass is 455 g/mol. The van der Waals surface area contributed by atoms with E-state index >= 15 is 0 Å². The van der Waals surface area contributed by atoms with Crippen LogP contribution in [0.1, 0.15) is 54.9 Å². The molecule has 5 aromatic rings. The molecule has 0 radical (unpaired) electrons. The Bertz CT molecular complexity index is 1350. The minimum Gasteiger partial charge on any atom is -0.340 e. The minimum absolute atomic E-state index is 1.05. The van der Waals surface area contributed by atoms with E-state index in [9.17, 15) is 0 Å². The Balaban J connectivity index is 1.54. The first-order valence-electron chi connectivity index (χ1n) is 12.8. The number of fused-ring (bicyclic) bond motifs is 3. The SMILES string of the molecule is CCCCCCn1c2cc(C=Cc3ccccc3)ccc2c2ccc(C=Cc3ccccc3)cc21. The molecule has 0 saturated heterocycles. The molecule has 1 heteroatoms. The Morgan fingerprint density at radius 2 is 1.00 bits per heavy atom. The van der Waals surface area contributed by atoms with Crippen molar-refractivity contribution in [3.05, 3.63) is 119 Å². The van der Waals surface area contributed by atoms with Crippen LogP contribution in [0.15, 0.2) is 97.1 Å². The Labute approximate surface area is 209 Å². The van der Waals surface area contributed by atoms with Crippen molar-refractivity contribution in [3.8, 4) is 0 Å². The summed E-state index contributed by atoms with van der Waals surface area (Å²) in [6, 6.07) is 34.8. The Morgan fingerprint density at radius 1 is 0.514 bits per heavy atom. The number of unbranched alkanes of at least 4 members (excludes halogenated alkanes) is 3. The molecule has 1 aromatic heterocycles. The van der Waals surface area contributed by atoms with E-state index < -0.39 is 0 Å². The largest absolute Gasteiger partial charge is 0.340 e. The van der Waals surface area contributed by atoms with Crippen LogP contribution in [0, 0.1) is 0 Å². The highest BCUT2D eigenvalue weighted by atomic mass is 15.0. The van der Waals surface area contributed by atoms with Crippen LogP contribution in [-0.2, 0) is 6.54 Å². The smallest absolute Gasteiger partial charge is 0.0497 e. The lowest BCUT2D eigenvalue weighted by Gasteiger charge is -2.08. The average molecular weight is 456 g/mol. The first kappa shape index (κ1) is 22.9. The molecule has 35 heavy (non-hydrogen) atoms. The van der Waals surface area contributed by atoms with E-state index in [1.165, 1.54) is 69.7 Å². The van der Waals surface area contributed by atoms with Gasteiger partial charge in [0, 0.05) is 28.4 Å². The van der Waals surface area contributed by atoms with Gasteiger partial charge in [-0.25, -0.2) is 0 Å². The Hall–Kier alpha value is -3.84. The van der Waals surface area contributed by atoms with E-state index in [2.05, 4.69) is 133 Å². The lowest BCUT2D eigenvalue weighted by molar-refractivity contribution is 0.602. The maximum atomic E-state index is 2.54. The van der Waals surface area contributed by atoms with E-state index in [0.29, 0.717) is 0 Å². The first-order valence-corrected chi connectivity index (χ1v) is 12.8. The van der Waals surface area contributed by atoms with Crippen LogP contribution < -0.4 is 0 Å². The molecular weight excluding hydrogens is 422 g/mol. The summed E-state index contributed by atoms with van der Waals surface area (Å²) < 4.78 is 2.54. The van der Waals surface area contributed by atoms with Crippen molar-refractivity contribution in [2.45, 2.75) is 39.2 Å². The van der Waals surface area contributed by atoms with Crippen LogP contribution >= 0.6 is 0 Å². The zero-order valence-electron chi connectivity index (χ0n) is 20.5. The third-order valence-electron chi connectivity index (χ3n) is 6.69. The number of hydrogen-bond donors (Lipinski definition) is 0. The van der Waals surface area contributed by atoms with Crippen molar-refractivity contribution in [2.24, 2.45) is 0 Å². The van der Waals surface area contributed by atoms with Crippen molar-refractivity contribution < 1.29 is 0 Å². The maximum absolute atomic E-state index is 2.54. The Morgan fingerprint density at radius 3 is 1.49 bits per heavy atom. The third kappa shape index (κ3) is 5.46. The van der Waals surface area contributed by atoms with Crippen molar-refractivity contribution in [1.82, 2.24) is 4.57 Å². The quantitative estimate of drug-likeness (QED) is 0.154. The second kappa shape index (κ2) is 11.1. The van der Waals surface area contributed by atoms with E-state index in [0.717, 1.165) is 6.54 Å². The van der Waals surface area contributed by atoms with Gasteiger partial charge >= 0.3 is 0 Å². The molecule has 0 spiro atoms. The molecule has 1 nitrogen and oxygen atoms in total. The van der Waals surface area contributed by atoms with Crippen LogP contribution in [0.3, 0.4) is 0 Å². The predicted octanol–water partition coefficient (Wildman–Crippen LogP) is 9.72. The van der Waals surface area contributed by atoms with Crippen LogP contribution in [0.4, 0.5) is 0 Å². The number of aromatic nitrogens is 1. The van der Waals surface area contributed by atoms with Gasteiger partial charge in [-0.3, -0.25) is 0 Å². The molecule has 174 valence electrons. The molecule has 0 aliphatic rings. The molecule has 0 unspecified atom stereocenters. The fourth-order valence-electron chi connectivity index (χ4n) is 4.79. The molecule has 0 bridgehead atoms. The molecule has 0 fully saturated rings. The van der Waals surface area contributed by atoms with Crippen molar-refractivity contribution in [2.75, 3.05) is 0 Å². The lowest BCUT2D eigenvalue weighted by Crippen LogP contribution is -1.98. The van der Waals surface area contributed by atoms with Gasteiger partial charge in [0.15, 0.2) is 0 Å². The highest BCUT2D eigenvalue weighted by Gasteiger charge is 2.11. The molecule has 1 heterocycles. The van der Waals surface area contributed by atoms with Gasteiger partial charge in [0.05, 0.1) is 0 Å². The van der Waals surface area contributed by atoms with Crippen LogP contribution in [0.2, 0.25) is 0 Å². The van der Waals surface area contributed by atoms with Crippen molar-refractivity contribution in [3.63, 3.8) is 0 Å². The molecule has 4 aromatic carbocycles. The third-order valence-corrected chi connectivity index (χ3v) is 6.69. The summed E-state index contributed by atoms with van der Waals surface area (Å²) >= 11 is 0. The standard InChI is InChI=1S/C34H33N/c1-2-3-4-11-24-35-33-25-29(18-16-27-12-7-5-8-13-27)20-22-31(33)32-23-21-30(26-34(32)35)19-17-28-14-9-6-10-15-28/h5-10,12-23,25-26H,2-4,11,24H2,1H3. The minimum atomic E-state index is 1.05. The summed E-state index contributed by atoms with van der Waals surface area (Å²) in [5.41, 5.74) is 7.59. The second-order valence-electron chi connectivity index (χ2n) is 9.25. The van der Waals surface area contributed by atoms with E-state index in [-0.39, 0.29) is 0 Å². The number of benzene rings is 4. The summed E-state index contributed by atoms with van der Waals surface area (Å²) in [7, 11) is 0. The van der Waals surface area contributed by atoms with Gasteiger partial charge in [-0.15, -0.1) is 0 Å². The van der Waals surface area contributed by atoms with Gasteiger partial charge in [0.1, 0.15) is 0 Å². The first-order chi connectivity index (χ1) is 17.3. The zero-order valence-corrected chi connectivity index (χ0v) is 20.5. The summed E-state index contributed by atoms with van der Waals surface area (Å²) in [4.78, 5) is 0. The zero-order chi connectivity index (χ0) is 23.9. The summed E-state index contributed by atoms with van der Waals surface area (Å²) in [5, 5.41) is 2.68. The molecule has 0 aliphatic heterocycles. The number of rotatable bonds is 9. The van der Waals surface area contributed by atoms with Gasteiger partial charge in [-0.2, -0.15) is 0 Å². The Kier molecular flexibility index (Phi) is 7.24. The highest BCUT2D eigenvalue weighted by Crippen LogP contribution is 2.32. The van der Waals surface area contributed by atoms with E-state index in [1.807, 2.05) is 0 Å². The lowest BCUT2D eigenvalue weighted by atomic mass is 10.1. The topological polar surface area (TPSA) is 4.93 Å². The van der Waals surface area contributed by atoms with Crippen LogP contribution in [0.5, 0.6) is 0 Å². The van der Waals surface area contributed by atoms with Gasteiger partial charge in [-0.1, -0.05) is 135 Å². The number of nitrogens with zero attached hydrogens (tertiary/aromatic N) is 1. The average Bonchev–Trinajstić information content (AvgIpc) is 3.22. The van der Waals surface area contributed by atoms with Gasteiger partial charge in [0.25, 0.3) is 0 Å². The highest BCUT2D eigenvalue weighted by molar-refractivity contribution is 6.09.